The summed E-state index contributed by atoms with van der Waals surface area (Å²) in [4.78, 5) is 13.7. The highest BCUT2D eigenvalue weighted by Gasteiger charge is 2.23. The van der Waals surface area contributed by atoms with E-state index < -0.39 is 0 Å². The highest BCUT2D eigenvalue weighted by atomic mass is 79.9. The van der Waals surface area contributed by atoms with Crippen molar-refractivity contribution in [2.45, 2.75) is 12.8 Å². The van der Waals surface area contributed by atoms with E-state index in [1.165, 1.54) is 18.2 Å². The number of nitrogens with one attached hydrogen (secondary N) is 1. The van der Waals surface area contributed by atoms with Crippen LogP contribution in [0.5, 0.6) is 0 Å². The van der Waals surface area contributed by atoms with Crippen LogP contribution in [0.2, 0.25) is 0 Å². The molecule has 0 saturated carbocycles. The monoisotopic (exact) mass is 330 g/mol. The lowest BCUT2D eigenvalue weighted by Crippen LogP contribution is -2.43. The lowest BCUT2D eigenvalue weighted by Gasteiger charge is -2.31. The number of carbonyl (C=O) groups is 1. The second-order valence-electron chi connectivity index (χ2n) is 4.70. The maximum absolute atomic E-state index is 13.1. The number of halogens is 2. The van der Waals surface area contributed by atoms with Gasteiger partial charge in [0, 0.05) is 25.4 Å². The Morgan fingerprint density at radius 3 is 3.05 bits per heavy atom. The zero-order valence-corrected chi connectivity index (χ0v) is 12.0. The third-order valence-corrected chi connectivity index (χ3v) is 3.84. The van der Waals surface area contributed by atoms with Crippen molar-refractivity contribution in [2.75, 3.05) is 25.0 Å². The van der Waals surface area contributed by atoms with Gasteiger partial charge in [0.1, 0.15) is 5.82 Å². The van der Waals surface area contributed by atoms with E-state index in [2.05, 4.69) is 21.2 Å². The van der Waals surface area contributed by atoms with Crippen LogP contribution in [0.4, 0.5) is 14.9 Å². The molecule has 2 amide bonds. The third-order valence-electron chi connectivity index (χ3n) is 3.24. The fourth-order valence-electron chi connectivity index (χ4n) is 2.17. The van der Waals surface area contributed by atoms with Crippen LogP contribution >= 0.6 is 15.9 Å². The summed E-state index contributed by atoms with van der Waals surface area (Å²) in [7, 11) is 0. The third kappa shape index (κ3) is 3.67. The molecule has 104 valence electrons. The van der Waals surface area contributed by atoms with Crippen molar-refractivity contribution in [3.8, 4) is 0 Å². The molecule has 1 saturated heterocycles. The molecule has 0 unspecified atom stereocenters. The fourth-order valence-corrected chi connectivity index (χ4v) is 2.55. The van der Waals surface area contributed by atoms with Gasteiger partial charge in [-0.2, -0.15) is 0 Å². The molecule has 0 aliphatic carbocycles. The molecule has 1 aromatic rings. The van der Waals surface area contributed by atoms with E-state index in [4.69, 9.17) is 5.11 Å². The molecular formula is C13H16BrFN2O2. The normalized spacial score (nSPS) is 19.3. The molecule has 0 aromatic heterocycles. The summed E-state index contributed by atoms with van der Waals surface area (Å²) < 4.78 is 13.4. The minimum atomic E-state index is -0.365. The topological polar surface area (TPSA) is 52.6 Å². The minimum Gasteiger partial charge on any atom is -0.396 e. The van der Waals surface area contributed by atoms with Crippen LogP contribution in [0, 0.1) is 11.7 Å². The largest absolute Gasteiger partial charge is 0.396 e. The van der Waals surface area contributed by atoms with Crippen LogP contribution in [-0.4, -0.2) is 35.7 Å². The first-order chi connectivity index (χ1) is 9.10. The van der Waals surface area contributed by atoms with Gasteiger partial charge in [0.05, 0.1) is 4.47 Å². The number of urea groups is 1. The number of aliphatic hydroxyl groups excluding tert-OH is 1. The van der Waals surface area contributed by atoms with Crippen LogP contribution in [0.25, 0.3) is 0 Å². The van der Waals surface area contributed by atoms with Crippen molar-refractivity contribution >= 4 is 27.6 Å². The summed E-state index contributed by atoms with van der Waals surface area (Å²) in [6.45, 7) is 1.35. The summed E-state index contributed by atoms with van der Waals surface area (Å²) in [5.74, 6) is -0.212. The Bertz CT molecular complexity index is 470. The summed E-state index contributed by atoms with van der Waals surface area (Å²) in [6, 6.07) is 4.13. The highest BCUT2D eigenvalue weighted by molar-refractivity contribution is 9.10. The van der Waals surface area contributed by atoms with Gasteiger partial charge < -0.3 is 15.3 Å². The minimum absolute atomic E-state index is 0.103. The maximum Gasteiger partial charge on any atom is 0.321 e. The fraction of sp³-hybridized carbons (Fsp3) is 0.462. The van der Waals surface area contributed by atoms with Gasteiger partial charge in [-0.15, -0.1) is 0 Å². The van der Waals surface area contributed by atoms with E-state index in [1.54, 1.807) is 4.90 Å². The van der Waals surface area contributed by atoms with Crippen molar-refractivity contribution in [1.29, 1.82) is 0 Å². The van der Waals surface area contributed by atoms with Gasteiger partial charge in [-0.1, -0.05) is 0 Å². The first kappa shape index (κ1) is 14.3. The van der Waals surface area contributed by atoms with Crippen LogP contribution < -0.4 is 5.32 Å². The summed E-state index contributed by atoms with van der Waals surface area (Å²) in [6.07, 6.45) is 1.84. The molecule has 6 heteroatoms. The average molecular weight is 331 g/mol. The van der Waals surface area contributed by atoms with Gasteiger partial charge in [-0.25, -0.2) is 9.18 Å². The number of nitrogens with zero attached hydrogens (tertiary/aromatic N) is 1. The van der Waals surface area contributed by atoms with E-state index in [0.717, 1.165) is 12.8 Å². The summed E-state index contributed by atoms with van der Waals surface area (Å²) >= 11 is 3.08. The Morgan fingerprint density at radius 1 is 1.58 bits per heavy atom. The number of benzene rings is 1. The molecule has 2 rings (SSSR count). The zero-order valence-electron chi connectivity index (χ0n) is 10.4. The second-order valence-corrected chi connectivity index (χ2v) is 5.55. The maximum atomic E-state index is 13.1. The van der Waals surface area contributed by atoms with Gasteiger partial charge in [-0.05, 0) is 52.9 Å². The van der Waals surface area contributed by atoms with Gasteiger partial charge >= 0.3 is 6.03 Å². The van der Waals surface area contributed by atoms with E-state index in [0.29, 0.717) is 23.2 Å². The standard InChI is InChI=1S/C13H16BrFN2O2/c14-11-6-10(3-4-12(11)15)16-13(19)17-5-1-2-9(7-17)8-18/h3-4,6,9,18H,1-2,5,7-8H2,(H,16,19)/t9-/m0/s1. The lowest BCUT2D eigenvalue weighted by atomic mass is 9.99. The second kappa shape index (κ2) is 6.34. The number of piperidine rings is 1. The first-order valence-corrected chi connectivity index (χ1v) is 7.01. The number of anilines is 1. The number of amides is 2. The molecule has 1 aromatic carbocycles. The van der Waals surface area contributed by atoms with Gasteiger partial charge in [-0.3, -0.25) is 0 Å². The van der Waals surface area contributed by atoms with Crippen LogP contribution in [-0.2, 0) is 0 Å². The van der Waals surface area contributed by atoms with Crippen molar-refractivity contribution in [1.82, 2.24) is 4.90 Å². The Hall–Kier alpha value is -1.14. The summed E-state index contributed by atoms with van der Waals surface area (Å²) in [5, 5.41) is 11.9. The zero-order chi connectivity index (χ0) is 13.8. The molecule has 1 aliphatic rings. The molecular weight excluding hydrogens is 315 g/mol. The molecule has 1 atom stereocenters. The van der Waals surface area contributed by atoms with E-state index in [-0.39, 0.29) is 24.4 Å². The molecule has 2 N–H and O–H groups in total. The van der Waals surface area contributed by atoms with Gasteiger partial charge in [0.15, 0.2) is 0 Å². The number of aliphatic hydroxyl groups is 1. The highest BCUT2D eigenvalue weighted by Crippen LogP contribution is 2.21. The molecule has 0 spiro atoms. The first-order valence-electron chi connectivity index (χ1n) is 6.22. The Morgan fingerprint density at radius 2 is 2.37 bits per heavy atom. The van der Waals surface area contributed by atoms with Crippen LogP contribution in [0.1, 0.15) is 12.8 Å². The SMILES string of the molecule is O=C(Nc1ccc(F)c(Br)c1)N1CCC[C@H](CO)C1. The van der Waals surface area contributed by atoms with E-state index in [9.17, 15) is 9.18 Å². The van der Waals surface area contributed by atoms with E-state index >= 15 is 0 Å². The molecule has 1 heterocycles. The van der Waals surface area contributed by atoms with Crippen molar-refractivity contribution in [3.63, 3.8) is 0 Å². The molecule has 4 nitrogen and oxygen atoms in total. The van der Waals surface area contributed by atoms with Crippen molar-refractivity contribution in [2.24, 2.45) is 5.92 Å². The van der Waals surface area contributed by atoms with Gasteiger partial charge in [0.25, 0.3) is 0 Å². The van der Waals surface area contributed by atoms with Crippen molar-refractivity contribution < 1.29 is 14.3 Å². The van der Waals surface area contributed by atoms with E-state index in [1.807, 2.05) is 0 Å². The number of likely N-dealkylation sites (tertiary alicyclic amines) is 1. The predicted molar refractivity (Wildman–Crippen MR) is 74.5 cm³/mol. The number of rotatable bonds is 2. The van der Waals surface area contributed by atoms with Gasteiger partial charge in [0.2, 0.25) is 0 Å². The summed E-state index contributed by atoms with van der Waals surface area (Å²) in [5.41, 5.74) is 0.546. The molecule has 19 heavy (non-hydrogen) atoms. The van der Waals surface area contributed by atoms with Crippen LogP contribution in [0.15, 0.2) is 22.7 Å². The smallest absolute Gasteiger partial charge is 0.321 e. The lowest BCUT2D eigenvalue weighted by molar-refractivity contribution is 0.136. The number of hydrogen-bond donors (Lipinski definition) is 2. The van der Waals surface area contributed by atoms with Crippen LogP contribution in [0.3, 0.4) is 0 Å². The molecule has 1 fully saturated rings. The average Bonchev–Trinajstić information content (AvgIpc) is 2.43. The Balaban J connectivity index is 1.98. The molecule has 0 bridgehead atoms. The number of hydrogen-bond acceptors (Lipinski definition) is 2. The molecule has 0 radical (unpaired) electrons. The Labute approximate surface area is 119 Å². The molecule has 1 aliphatic heterocycles. The van der Waals surface area contributed by atoms with Crippen molar-refractivity contribution in [3.05, 3.63) is 28.5 Å². The Kier molecular flexibility index (Phi) is 4.76. The predicted octanol–water partition coefficient (Wildman–Crippen LogP) is 2.82. The number of carbonyl (C=O) groups excluding carboxylic acids is 1. The quantitative estimate of drug-likeness (QED) is 0.876.